The first-order chi connectivity index (χ1) is 17.4. The maximum Gasteiger partial charge on any atom is 0.268 e. The van der Waals surface area contributed by atoms with Crippen molar-refractivity contribution < 1.29 is 23.8 Å². The van der Waals surface area contributed by atoms with Crippen LogP contribution in [0.1, 0.15) is 24.4 Å². The first-order valence-electron chi connectivity index (χ1n) is 11.0. The molecular formula is C25H25N5O5S. The first-order valence-corrected chi connectivity index (χ1v) is 11.8. The van der Waals surface area contributed by atoms with Crippen molar-refractivity contribution in [3.8, 4) is 23.3 Å². The predicted octanol–water partition coefficient (Wildman–Crippen LogP) is 4.21. The molecule has 10 nitrogen and oxygen atoms in total. The van der Waals surface area contributed by atoms with Crippen molar-refractivity contribution in [1.29, 1.82) is 5.26 Å². The van der Waals surface area contributed by atoms with Crippen molar-refractivity contribution in [2.75, 3.05) is 30.5 Å². The smallest absolute Gasteiger partial charge is 0.268 e. The average Bonchev–Trinajstić information content (AvgIpc) is 3.26. The lowest BCUT2D eigenvalue weighted by Crippen LogP contribution is -2.13. The Balaban J connectivity index is 1.60. The number of carbonyl (C=O) groups is 2. The van der Waals surface area contributed by atoms with Crippen molar-refractivity contribution in [3.05, 3.63) is 58.6 Å². The van der Waals surface area contributed by atoms with E-state index in [1.54, 1.807) is 49.4 Å². The number of aromatic nitrogens is 2. The fourth-order valence-corrected chi connectivity index (χ4v) is 3.56. The number of hydrogen-bond donors (Lipinski definition) is 2. The molecule has 0 bridgehead atoms. The van der Waals surface area contributed by atoms with Gasteiger partial charge < -0.3 is 19.5 Å². The van der Waals surface area contributed by atoms with E-state index < -0.39 is 5.91 Å². The molecule has 0 saturated heterocycles. The number of amides is 2. The largest absolute Gasteiger partial charge is 0.490 e. The van der Waals surface area contributed by atoms with Gasteiger partial charge in [0.05, 0.1) is 6.61 Å². The third-order valence-electron chi connectivity index (χ3n) is 4.47. The molecule has 36 heavy (non-hydrogen) atoms. The fourth-order valence-electron chi connectivity index (χ4n) is 2.98. The van der Waals surface area contributed by atoms with Crippen LogP contribution in [0.5, 0.6) is 17.2 Å². The van der Waals surface area contributed by atoms with Crippen LogP contribution in [0.15, 0.2) is 48.0 Å². The number of carbonyl (C=O) groups excluding carboxylic acids is 2. The van der Waals surface area contributed by atoms with E-state index in [9.17, 15) is 14.9 Å². The zero-order chi connectivity index (χ0) is 25.9. The van der Waals surface area contributed by atoms with Gasteiger partial charge in [-0.25, -0.2) is 0 Å². The van der Waals surface area contributed by atoms with E-state index in [0.29, 0.717) is 45.2 Å². The van der Waals surface area contributed by atoms with Gasteiger partial charge in [-0.2, -0.15) is 5.26 Å². The molecule has 2 amide bonds. The zero-order valence-electron chi connectivity index (χ0n) is 20.0. The van der Waals surface area contributed by atoms with Gasteiger partial charge in [-0.05, 0) is 61.9 Å². The monoisotopic (exact) mass is 507 g/mol. The number of nitriles is 1. The molecule has 3 aromatic rings. The first kappa shape index (κ1) is 26.2. The quantitative estimate of drug-likeness (QED) is 0.224. The van der Waals surface area contributed by atoms with E-state index in [0.717, 1.165) is 0 Å². The Morgan fingerprint density at radius 3 is 2.42 bits per heavy atom. The van der Waals surface area contributed by atoms with Crippen molar-refractivity contribution in [3.63, 3.8) is 0 Å². The lowest BCUT2D eigenvalue weighted by Gasteiger charge is -2.13. The van der Waals surface area contributed by atoms with Crippen LogP contribution in [0.4, 0.5) is 10.8 Å². The van der Waals surface area contributed by atoms with Crippen LogP contribution in [0, 0.1) is 18.3 Å². The number of ether oxygens (including phenoxy) is 3. The number of benzene rings is 2. The van der Waals surface area contributed by atoms with Gasteiger partial charge in [-0.15, -0.1) is 10.2 Å². The van der Waals surface area contributed by atoms with Crippen LogP contribution in [-0.2, 0) is 9.59 Å². The highest BCUT2D eigenvalue weighted by atomic mass is 32.1. The van der Waals surface area contributed by atoms with Gasteiger partial charge >= 0.3 is 0 Å². The maximum absolute atomic E-state index is 12.4. The molecule has 0 fully saturated rings. The molecule has 186 valence electrons. The summed E-state index contributed by atoms with van der Waals surface area (Å²) in [7, 11) is 0. The van der Waals surface area contributed by atoms with E-state index in [-0.39, 0.29) is 24.7 Å². The number of nitrogens with zero attached hydrogens (tertiary/aromatic N) is 3. The van der Waals surface area contributed by atoms with Gasteiger partial charge in [0.25, 0.3) is 5.91 Å². The van der Waals surface area contributed by atoms with E-state index >= 15 is 0 Å². The summed E-state index contributed by atoms with van der Waals surface area (Å²) in [5.74, 6) is 0.909. The molecule has 0 unspecified atom stereocenters. The van der Waals surface area contributed by atoms with Gasteiger partial charge in [0, 0.05) is 12.6 Å². The molecule has 2 N–H and O–H groups in total. The molecule has 0 atom stereocenters. The molecule has 3 rings (SSSR count). The molecule has 0 saturated carbocycles. The summed E-state index contributed by atoms with van der Waals surface area (Å²) in [6, 6.07) is 14.1. The normalized spacial score (nSPS) is 10.8. The molecule has 0 aliphatic carbocycles. The molecular weight excluding hydrogens is 482 g/mol. The highest BCUT2D eigenvalue weighted by molar-refractivity contribution is 7.15. The maximum atomic E-state index is 12.4. The standard InChI is InChI=1S/C25H25N5O5S/c1-4-33-23-14-18(13-19(15-26)24(32)28-25-30-29-17(3)36-25)5-10-22(23)35-12-11-34-21-8-6-20(7-9-21)27-16(2)31/h5-10,13-14H,4,11-12H2,1-3H3,(H,27,31)(H,28,30,32)/b19-13-. The zero-order valence-corrected chi connectivity index (χ0v) is 20.8. The minimum Gasteiger partial charge on any atom is -0.490 e. The average molecular weight is 508 g/mol. The van der Waals surface area contributed by atoms with Gasteiger partial charge in [-0.1, -0.05) is 17.4 Å². The van der Waals surface area contributed by atoms with Gasteiger partial charge in [0.1, 0.15) is 35.6 Å². The van der Waals surface area contributed by atoms with E-state index in [4.69, 9.17) is 14.2 Å². The summed E-state index contributed by atoms with van der Waals surface area (Å²) in [5, 5.41) is 23.4. The van der Waals surface area contributed by atoms with Crippen LogP contribution in [0.2, 0.25) is 0 Å². The van der Waals surface area contributed by atoms with Crippen LogP contribution in [0.25, 0.3) is 6.08 Å². The Bertz CT molecular complexity index is 1280. The van der Waals surface area contributed by atoms with Gasteiger partial charge in [0.2, 0.25) is 11.0 Å². The van der Waals surface area contributed by atoms with Crippen molar-refractivity contribution >= 4 is 40.0 Å². The van der Waals surface area contributed by atoms with E-state index in [2.05, 4.69) is 20.8 Å². The van der Waals surface area contributed by atoms with Gasteiger partial charge in [0.15, 0.2) is 11.5 Å². The Morgan fingerprint density at radius 2 is 1.78 bits per heavy atom. The number of anilines is 2. The molecule has 0 radical (unpaired) electrons. The Morgan fingerprint density at radius 1 is 1.03 bits per heavy atom. The molecule has 1 aromatic heterocycles. The highest BCUT2D eigenvalue weighted by Crippen LogP contribution is 2.29. The third kappa shape index (κ3) is 7.82. The lowest BCUT2D eigenvalue weighted by atomic mass is 10.1. The lowest BCUT2D eigenvalue weighted by molar-refractivity contribution is -0.114. The number of aryl methyl sites for hydroxylation is 1. The van der Waals surface area contributed by atoms with E-state index in [1.165, 1.54) is 24.3 Å². The second-order valence-electron chi connectivity index (χ2n) is 7.29. The summed E-state index contributed by atoms with van der Waals surface area (Å²) in [4.78, 5) is 23.5. The molecule has 0 aliphatic heterocycles. The molecule has 2 aromatic carbocycles. The number of hydrogen-bond acceptors (Lipinski definition) is 9. The Kier molecular flexibility index (Phi) is 9.36. The number of rotatable bonds is 11. The van der Waals surface area contributed by atoms with Crippen LogP contribution >= 0.6 is 11.3 Å². The minimum absolute atomic E-state index is 0.0862. The van der Waals surface area contributed by atoms with Crippen molar-refractivity contribution in [1.82, 2.24) is 10.2 Å². The van der Waals surface area contributed by atoms with Crippen LogP contribution in [0.3, 0.4) is 0 Å². The van der Waals surface area contributed by atoms with Crippen molar-refractivity contribution in [2.24, 2.45) is 0 Å². The molecule has 1 heterocycles. The predicted molar refractivity (Wildman–Crippen MR) is 136 cm³/mol. The van der Waals surface area contributed by atoms with Crippen LogP contribution in [-0.4, -0.2) is 41.8 Å². The molecule has 0 spiro atoms. The topological polar surface area (TPSA) is 135 Å². The minimum atomic E-state index is -0.575. The van der Waals surface area contributed by atoms with Crippen LogP contribution < -0.4 is 24.8 Å². The SMILES string of the molecule is CCOc1cc(/C=C(/C#N)C(=O)Nc2nnc(C)s2)ccc1OCCOc1ccc(NC(C)=O)cc1. The summed E-state index contributed by atoms with van der Waals surface area (Å²) < 4.78 is 17.2. The second-order valence-corrected chi connectivity index (χ2v) is 8.47. The Labute approximate surface area is 212 Å². The molecule has 11 heteroatoms. The fraction of sp³-hybridized carbons (Fsp3) is 0.240. The summed E-state index contributed by atoms with van der Waals surface area (Å²) >= 11 is 1.22. The van der Waals surface area contributed by atoms with Gasteiger partial charge in [-0.3, -0.25) is 14.9 Å². The summed E-state index contributed by atoms with van der Waals surface area (Å²) in [6.07, 6.45) is 1.46. The molecule has 0 aliphatic rings. The summed E-state index contributed by atoms with van der Waals surface area (Å²) in [6.45, 7) is 6.02. The third-order valence-corrected chi connectivity index (χ3v) is 5.23. The van der Waals surface area contributed by atoms with Crippen molar-refractivity contribution in [2.45, 2.75) is 20.8 Å². The summed E-state index contributed by atoms with van der Waals surface area (Å²) in [5.41, 5.74) is 1.20. The highest BCUT2D eigenvalue weighted by Gasteiger charge is 2.13. The second kappa shape index (κ2) is 12.9. The number of nitrogens with one attached hydrogen (secondary N) is 2. The Hall–Kier alpha value is -4.43. The van der Waals surface area contributed by atoms with E-state index in [1.807, 2.05) is 13.0 Å².